The van der Waals surface area contributed by atoms with Crippen LogP contribution < -0.4 is 15.4 Å². The molecule has 1 unspecified atom stereocenters. The molecule has 2 rings (SSSR count). The second-order valence-electron chi connectivity index (χ2n) is 5.70. The van der Waals surface area contributed by atoms with E-state index in [1.165, 1.54) is 18.2 Å². The van der Waals surface area contributed by atoms with Crippen molar-refractivity contribution in [2.75, 3.05) is 13.1 Å². The molecule has 0 bridgehead atoms. The van der Waals surface area contributed by atoms with E-state index in [2.05, 4.69) is 10.6 Å². The van der Waals surface area contributed by atoms with Crippen molar-refractivity contribution in [3.05, 3.63) is 64.4 Å². The fourth-order valence-electron chi connectivity index (χ4n) is 2.24. The highest BCUT2D eigenvalue weighted by Crippen LogP contribution is 2.22. The second kappa shape index (κ2) is 9.20. The number of halogens is 2. The topological polar surface area (TPSA) is 67.4 Å². The first kappa shape index (κ1) is 19.7. The molecule has 2 aromatic carbocycles. The SMILES string of the molecule is Cc1cc(Cl)ccc1OC(C)C(=O)NCCNC(=O)c1ccccc1F. The number of nitrogens with one attached hydrogen (secondary N) is 2. The molecule has 0 radical (unpaired) electrons. The number of carbonyl (C=O) groups is 2. The summed E-state index contributed by atoms with van der Waals surface area (Å²) in [7, 11) is 0. The maximum absolute atomic E-state index is 13.5. The molecule has 5 nitrogen and oxygen atoms in total. The minimum absolute atomic E-state index is 0.0336. The molecule has 0 saturated carbocycles. The van der Waals surface area contributed by atoms with E-state index in [-0.39, 0.29) is 24.6 Å². The van der Waals surface area contributed by atoms with E-state index in [0.29, 0.717) is 10.8 Å². The van der Waals surface area contributed by atoms with Crippen LogP contribution in [0.3, 0.4) is 0 Å². The van der Waals surface area contributed by atoms with E-state index in [9.17, 15) is 14.0 Å². The van der Waals surface area contributed by atoms with Crippen molar-refractivity contribution in [3.8, 4) is 5.75 Å². The molecule has 0 fully saturated rings. The van der Waals surface area contributed by atoms with Crippen molar-refractivity contribution in [3.63, 3.8) is 0 Å². The van der Waals surface area contributed by atoms with Crippen molar-refractivity contribution in [2.24, 2.45) is 0 Å². The molecule has 0 saturated heterocycles. The molecule has 138 valence electrons. The third-order valence-electron chi connectivity index (χ3n) is 3.64. The first-order valence-electron chi connectivity index (χ1n) is 8.11. The van der Waals surface area contributed by atoms with Gasteiger partial charge in [0.2, 0.25) is 0 Å². The van der Waals surface area contributed by atoms with Crippen LogP contribution in [0, 0.1) is 12.7 Å². The molecule has 7 heteroatoms. The number of rotatable bonds is 7. The summed E-state index contributed by atoms with van der Waals surface area (Å²) in [5.74, 6) is -0.864. The highest BCUT2D eigenvalue weighted by Gasteiger charge is 2.16. The summed E-state index contributed by atoms with van der Waals surface area (Å²) in [6.07, 6.45) is -0.711. The first-order chi connectivity index (χ1) is 12.4. The van der Waals surface area contributed by atoms with E-state index < -0.39 is 17.8 Å². The molecule has 0 aliphatic carbocycles. The molecule has 2 aromatic rings. The predicted molar refractivity (Wildman–Crippen MR) is 98.0 cm³/mol. The molecule has 0 aromatic heterocycles. The smallest absolute Gasteiger partial charge is 0.260 e. The Kier molecular flexibility index (Phi) is 6.97. The van der Waals surface area contributed by atoms with Crippen LogP contribution in [0.5, 0.6) is 5.75 Å². The van der Waals surface area contributed by atoms with Gasteiger partial charge in [0.05, 0.1) is 5.56 Å². The van der Waals surface area contributed by atoms with E-state index in [0.717, 1.165) is 5.56 Å². The van der Waals surface area contributed by atoms with E-state index >= 15 is 0 Å². The summed E-state index contributed by atoms with van der Waals surface area (Å²) in [5.41, 5.74) is 0.794. The summed E-state index contributed by atoms with van der Waals surface area (Å²) in [5, 5.41) is 5.80. The minimum Gasteiger partial charge on any atom is -0.481 e. The maximum Gasteiger partial charge on any atom is 0.260 e. The zero-order valence-electron chi connectivity index (χ0n) is 14.5. The fraction of sp³-hybridized carbons (Fsp3) is 0.263. The number of benzene rings is 2. The lowest BCUT2D eigenvalue weighted by Crippen LogP contribution is -2.40. The fourth-order valence-corrected chi connectivity index (χ4v) is 2.46. The van der Waals surface area contributed by atoms with Gasteiger partial charge in [-0.05, 0) is 49.7 Å². The monoisotopic (exact) mass is 378 g/mol. The molecule has 0 aliphatic heterocycles. The van der Waals surface area contributed by atoms with E-state index in [1.54, 1.807) is 31.2 Å². The normalized spacial score (nSPS) is 11.5. The Morgan fingerprint density at radius 1 is 1.15 bits per heavy atom. The number of carbonyl (C=O) groups excluding carboxylic acids is 2. The van der Waals surface area contributed by atoms with Gasteiger partial charge in [-0.15, -0.1) is 0 Å². The summed E-state index contributed by atoms with van der Waals surface area (Å²) in [4.78, 5) is 23.9. The molecular formula is C19H20ClFN2O3. The van der Waals surface area contributed by atoms with Crippen LogP contribution in [0.25, 0.3) is 0 Å². The van der Waals surface area contributed by atoms with Crippen LogP contribution >= 0.6 is 11.6 Å². The lowest BCUT2D eigenvalue weighted by atomic mass is 10.2. The molecule has 2 amide bonds. The van der Waals surface area contributed by atoms with Gasteiger partial charge in [-0.25, -0.2) is 4.39 Å². The van der Waals surface area contributed by atoms with Gasteiger partial charge in [0.15, 0.2) is 6.10 Å². The first-order valence-corrected chi connectivity index (χ1v) is 8.49. The van der Waals surface area contributed by atoms with Gasteiger partial charge in [-0.3, -0.25) is 9.59 Å². The molecule has 1 atom stereocenters. The van der Waals surface area contributed by atoms with Gasteiger partial charge in [0, 0.05) is 18.1 Å². The molecule has 0 aliphatic rings. The quantitative estimate of drug-likeness (QED) is 0.727. The Bertz CT molecular complexity index is 798. The number of hydrogen-bond donors (Lipinski definition) is 2. The Morgan fingerprint density at radius 2 is 1.85 bits per heavy atom. The highest BCUT2D eigenvalue weighted by atomic mass is 35.5. The summed E-state index contributed by atoms with van der Waals surface area (Å²) >= 11 is 5.89. The number of amides is 2. The van der Waals surface area contributed by atoms with Gasteiger partial charge < -0.3 is 15.4 Å². The lowest BCUT2D eigenvalue weighted by molar-refractivity contribution is -0.127. The van der Waals surface area contributed by atoms with Gasteiger partial charge in [-0.2, -0.15) is 0 Å². The maximum atomic E-state index is 13.5. The second-order valence-corrected chi connectivity index (χ2v) is 6.13. The van der Waals surface area contributed by atoms with E-state index in [4.69, 9.17) is 16.3 Å². The summed E-state index contributed by atoms with van der Waals surface area (Å²) in [6, 6.07) is 10.8. The predicted octanol–water partition coefficient (Wildman–Crippen LogP) is 3.10. The van der Waals surface area contributed by atoms with Gasteiger partial charge in [0.1, 0.15) is 11.6 Å². The van der Waals surface area contributed by atoms with E-state index in [1.807, 2.05) is 6.92 Å². The summed E-state index contributed by atoms with van der Waals surface area (Å²) in [6.45, 7) is 3.84. The van der Waals surface area contributed by atoms with Crippen LogP contribution in [-0.2, 0) is 4.79 Å². The van der Waals surface area contributed by atoms with Crippen LogP contribution in [0.15, 0.2) is 42.5 Å². The Morgan fingerprint density at radius 3 is 2.54 bits per heavy atom. The third kappa shape index (κ3) is 5.46. The summed E-state index contributed by atoms with van der Waals surface area (Å²) < 4.78 is 19.1. The van der Waals surface area contributed by atoms with Crippen LogP contribution in [0.1, 0.15) is 22.8 Å². The third-order valence-corrected chi connectivity index (χ3v) is 3.87. The van der Waals surface area contributed by atoms with Crippen LogP contribution in [0.2, 0.25) is 5.02 Å². The number of ether oxygens (including phenoxy) is 1. The average Bonchev–Trinajstić information content (AvgIpc) is 2.61. The average molecular weight is 379 g/mol. The molecule has 0 spiro atoms. The van der Waals surface area contributed by atoms with Gasteiger partial charge in [0.25, 0.3) is 11.8 Å². The largest absolute Gasteiger partial charge is 0.481 e. The lowest BCUT2D eigenvalue weighted by Gasteiger charge is -2.16. The van der Waals surface area contributed by atoms with Crippen molar-refractivity contribution in [1.29, 1.82) is 0 Å². The Balaban J connectivity index is 1.76. The molecular weight excluding hydrogens is 359 g/mol. The highest BCUT2D eigenvalue weighted by molar-refractivity contribution is 6.30. The van der Waals surface area contributed by atoms with Crippen molar-refractivity contribution in [1.82, 2.24) is 10.6 Å². The minimum atomic E-state index is -0.711. The van der Waals surface area contributed by atoms with Crippen molar-refractivity contribution < 1.29 is 18.7 Å². The van der Waals surface area contributed by atoms with Crippen LogP contribution in [0.4, 0.5) is 4.39 Å². The van der Waals surface area contributed by atoms with Gasteiger partial charge >= 0.3 is 0 Å². The Hall–Kier alpha value is -2.60. The number of aryl methyl sites for hydroxylation is 1. The Labute approximate surface area is 156 Å². The zero-order chi connectivity index (χ0) is 19.1. The van der Waals surface area contributed by atoms with Crippen LogP contribution in [-0.4, -0.2) is 31.0 Å². The standard InChI is InChI=1S/C19H20ClFN2O3/c1-12-11-14(20)7-8-17(12)26-13(2)18(24)22-9-10-23-19(25)15-5-3-4-6-16(15)21/h3-8,11,13H,9-10H2,1-2H3,(H,22,24)(H,23,25). The van der Waals surface area contributed by atoms with Gasteiger partial charge in [-0.1, -0.05) is 23.7 Å². The number of hydrogen-bond acceptors (Lipinski definition) is 3. The molecule has 2 N–H and O–H groups in total. The van der Waals surface area contributed by atoms with Crippen molar-refractivity contribution in [2.45, 2.75) is 20.0 Å². The zero-order valence-corrected chi connectivity index (χ0v) is 15.3. The molecule has 26 heavy (non-hydrogen) atoms. The molecule has 0 heterocycles. The van der Waals surface area contributed by atoms with Crippen molar-refractivity contribution >= 4 is 23.4 Å².